The Kier molecular flexibility index (Phi) is 4.89. The van der Waals surface area contributed by atoms with E-state index in [1.54, 1.807) is 0 Å². The van der Waals surface area contributed by atoms with Crippen LogP contribution in [0.15, 0.2) is 29.2 Å². The predicted octanol–water partition coefficient (Wildman–Crippen LogP) is 3.40. The maximum absolute atomic E-state index is 9.70. The van der Waals surface area contributed by atoms with Crippen LogP contribution in [0.4, 0.5) is 0 Å². The van der Waals surface area contributed by atoms with Gasteiger partial charge < -0.3 is 9.84 Å². The summed E-state index contributed by atoms with van der Waals surface area (Å²) < 4.78 is 5.59. The van der Waals surface area contributed by atoms with Crippen molar-refractivity contribution in [2.45, 2.75) is 43.3 Å². The second-order valence-electron chi connectivity index (χ2n) is 4.44. The molecule has 0 saturated carbocycles. The third kappa shape index (κ3) is 3.73. The maximum Gasteiger partial charge on any atom is 0.0787 e. The van der Waals surface area contributed by atoms with Crippen molar-refractivity contribution in [1.82, 2.24) is 0 Å². The molecule has 1 saturated heterocycles. The molecule has 1 aliphatic heterocycles. The average Bonchev–Trinajstić information content (AvgIpc) is 2.89. The van der Waals surface area contributed by atoms with Gasteiger partial charge in [0.15, 0.2) is 0 Å². The fourth-order valence-corrected chi connectivity index (χ4v) is 2.96. The minimum Gasteiger partial charge on any atom is -0.388 e. The highest BCUT2D eigenvalue weighted by atomic mass is 32.2. The van der Waals surface area contributed by atoms with Crippen LogP contribution in [0, 0.1) is 0 Å². The van der Waals surface area contributed by atoms with Gasteiger partial charge >= 0.3 is 0 Å². The molecule has 0 radical (unpaired) electrons. The Balaban J connectivity index is 1.84. The van der Waals surface area contributed by atoms with Gasteiger partial charge in [0.1, 0.15) is 0 Å². The van der Waals surface area contributed by atoms with Crippen LogP contribution in [0.2, 0.25) is 0 Å². The summed E-state index contributed by atoms with van der Waals surface area (Å²) in [5.41, 5.74) is 1.01. The molecule has 0 bridgehead atoms. The molecule has 0 amide bonds. The molecule has 1 aromatic rings. The van der Waals surface area contributed by atoms with E-state index in [1.165, 1.54) is 17.7 Å². The highest BCUT2D eigenvalue weighted by molar-refractivity contribution is 7.99. The van der Waals surface area contributed by atoms with Crippen LogP contribution in [0.25, 0.3) is 0 Å². The van der Waals surface area contributed by atoms with Crippen LogP contribution in [-0.2, 0) is 4.74 Å². The minimum atomic E-state index is -0.327. The first-order valence-electron chi connectivity index (χ1n) is 6.32. The first-order chi connectivity index (χ1) is 8.29. The minimum absolute atomic E-state index is 0.327. The van der Waals surface area contributed by atoms with Gasteiger partial charge in [0.2, 0.25) is 0 Å². The summed E-state index contributed by atoms with van der Waals surface area (Å²) in [7, 11) is 0. The van der Waals surface area contributed by atoms with Crippen LogP contribution in [0.1, 0.15) is 37.9 Å². The first-order valence-corrected chi connectivity index (χ1v) is 7.30. The number of aliphatic hydroxyl groups is 1. The Morgan fingerprint density at radius 2 is 2.18 bits per heavy atom. The molecular weight excluding hydrogens is 232 g/mol. The normalized spacial score (nSPS) is 21.6. The smallest absolute Gasteiger partial charge is 0.0787 e. The van der Waals surface area contributed by atoms with Gasteiger partial charge in [-0.15, -0.1) is 11.8 Å². The van der Waals surface area contributed by atoms with Gasteiger partial charge in [-0.05, 0) is 37.0 Å². The molecule has 17 heavy (non-hydrogen) atoms. The van der Waals surface area contributed by atoms with E-state index in [2.05, 4.69) is 12.1 Å². The molecule has 1 unspecified atom stereocenters. The zero-order valence-electron chi connectivity index (χ0n) is 10.3. The van der Waals surface area contributed by atoms with Gasteiger partial charge in [-0.3, -0.25) is 0 Å². The fraction of sp³-hybridized carbons (Fsp3) is 0.571. The molecule has 3 heteroatoms. The van der Waals surface area contributed by atoms with Crippen molar-refractivity contribution in [2.75, 3.05) is 12.4 Å². The van der Waals surface area contributed by atoms with Gasteiger partial charge in [-0.2, -0.15) is 0 Å². The molecular formula is C14H20O2S. The summed E-state index contributed by atoms with van der Waals surface area (Å²) in [5, 5.41) is 9.70. The lowest BCUT2D eigenvalue weighted by Crippen LogP contribution is -2.07. The van der Waals surface area contributed by atoms with E-state index in [1.807, 2.05) is 30.8 Å². The zero-order valence-corrected chi connectivity index (χ0v) is 11.1. The van der Waals surface area contributed by atoms with Crippen LogP contribution in [-0.4, -0.2) is 23.6 Å². The van der Waals surface area contributed by atoms with E-state index in [9.17, 15) is 5.11 Å². The Morgan fingerprint density at radius 1 is 1.41 bits per heavy atom. The maximum atomic E-state index is 9.70. The van der Waals surface area contributed by atoms with Crippen LogP contribution in [0.3, 0.4) is 0 Å². The molecule has 0 spiro atoms. The quantitative estimate of drug-likeness (QED) is 0.814. The van der Waals surface area contributed by atoms with E-state index >= 15 is 0 Å². The standard InChI is InChI=1S/C14H20O2S/c1-2-14(15)11-5-7-13(8-6-11)17-10-12-4-3-9-16-12/h5-8,12,14-15H,2-4,9-10H2,1H3/t12?,14-/m0/s1. The van der Waals surface area contributed by atoms with Gasteiger partial charge in [-0.1, -0.05) is 19.1 Å². The SMILES string of the molecule is CC[C@H](O)c1ccc(SCC2CCCO2)cc1. The van der Waals surface area contributed by atoms with Gasteiger partial charge in [0.25, 0.3) is 0 Å². The lowest BCUT2D eigenvalue weighted by molar-refractivity contribution is 0.129. The third-order valence-electron chi connectivity index (χ3n) is 3.11. The van der Waals surface area contributed by atoms with Gasteiger partial charge in [-0.25, -0.2) is 0 Å². The molecule has 94 valence electrons. The molecule has 1 heterocycles. The van der Waals surface area contributed by atoms with Crippen LogP contribution in [0.5, 0.6) is 0 Å². The molecule has 2 atom stereocenters. The fourth-order valence-electron chi connectivity index (χ4n) is 1.99. The molecule has 1 fully saturated rings. The summed E-state index contributed by atoms with van der Waals surface area (Å²) in [5.74, 6) is 1.04. The predicted molar refractivity (Wildman–Crippen MR) is 71.4 cm³/mol. The number of rotatable bonds is 5. The van der Waals surface area contributed by atoms with Crippen molar-refractivity contribution >= 4 is 11.8 Å². The van der Waals surface area contributed by atoms with Crippen molar-refractivity contribution in [3.63, 3.8) is 0 Å². The average molecular weight is 252 g/mol. The number of aliphatic hydroxyl groups excluding tert-OH is 1. The second-order valence-corrected chi connectivity index (χ2v) is 5.53. The van der Waals surface area contributed by atoms with Crippen molar-refractivity contribution in [3.05, 3.63) is 29.8 Å². The number of hydrogen-bond donors (Lipinski definition) is 1. The summed E-state index contributed by atoms with van der Waals surface area (Å²) in [4.78, 5) is 1.26. The lowest BCUT2D eigenvalue weighted by Gasteiger charge is -2.10. The Bertz CT molecular complexity index is 331. The van der Waals surface area contributed by atoms with Crippen LogP contribution < -0.4 is 0 Å². The van der Waals surface area contributed by atoms with E-state index in [4.69, 9.17) is 4.74 Å². The van der Waals surface area contributed by atoms with Gasteiger partial charge in [0, 0.05) is 17.3 Å². The molecule has 1 aromatic carbocycles. The Labute approximate surface area is 107 Å². The highest BCUT2D eigenvalue weighted by Crippen LogP contribution is 2.25. The Hall–Kier alpha value is -0.510. The first kappa shape index (κ1) is 12.9. The monoisotopic (exact) mass is 252 g/mol. The van der Waals surface area contributed by atoms with E-state index in [0.29, 0.717) is 6.10 Å². The molecule has 2 rings (SSSR count). The summed E-state index contributed by atoms with van der Waals surface area (Å²) in [6, 6.07) is 8.22. The number of thioether (sulfide) groups is 1. The molecule has 0 aliphatic carbocycles. The Morgan fingerprint density at radius 3 is 2.76 bits per heavy atom. The number of ether oxygens (including phenoxy) is 1. The van der Waals surface area contributed by atoms with Crippen molar-refractivity contribution in [1.29, 1.82) is 0 Å². The summed E-state index contributed by atoms with van der Waals surface area (Å²) in [6.45, 7) is 2.91. The van der Waals surface area contributed by atoms with Crippen molar-refractivity contribution in [3.8, 4) is 0 Å². The zero-order chi connectivity index (χ0) is 12.1. The van der Waals surface area contributed by atoms with Crippen molar-refractivity contribution < 1.29 is 9.84 Å². The van der Waals surface area contributed by atoms with Gasteiger partial charge in [0.05, 0.1) is 12.2 Å². The van der Waals surface area contributed by atoms with E-state index < -0.39 is 0 Å². The largest absolute Gasteiger partial charge is 0.388 e. The third-order valence-corrected chi connectivity index (χ3v) is 4.26. The number of hydrogen-bond acceptors (Lipinski definition) is 3. The topological polar surface area (TPSA) is 29.5 Å². The van der Waals surface area contributed by atoms with Crippen molar-refractivity contribution in [2.24, 2.45) is 0 Å². The molecule has 0 aromatic heterocycles. The summed E-state index contributed by atoms with van der Waals surface area (Å²) in [6.07, 6.45) is 3.27. The molecule has 2 nitrogen and oxygen atoms in total. The molecule has 1 aliphatic rings. The lowest BCUT2D eigenvalue weighted by atomic mass is 10.1. The highest BCUT2D eigenvalue weighted by Gasteiger charge is 2.15. The van der Waals surface area contributed by atoms with E-state index in [-0.39, 0.29) is 6.10 Å². The number of benzene rings is 1. The van der Waals surface area contributed by atoms with E-state index in [0.717, 1.165) is 24.3 Å². The molecule has 1 N–H and O–H groups in total. The van der Waals surface area contributed by atoms with Crippen LogP contribution >= 0.6 is 11.8 Å². The summed E-state index contributed by atoms with van der Waals surface area (Å²) >= 11 is 1.84. The second kappa shape index (κ2) is 6.43.